The Balaban J connectivity index is 1.57. The fourth-order valence-corrected chi connectivity index (χ4v) is 5.27. The number of hydrogen-bond donors (Lipinski definition) is 1. The van der Waals surface area contributed by atoms with Gasteiger partial charge >= 0.3 is 6.09 Å². The van der Waals surface area contributed by atoms with E-state index in [2.05, 4.69) is 42.2 Å². The third-order valence-corrected chi connectivity index (χ3v) is 6.39. The molecule has 5 heteroatoms. The lowest BCUT2D eigenvalue weighted by Crippen LogP contribution is -2.45. The van der Waals surface area contributed by atoms with Crippen LogP contribution in [0.3, 0.4) is 0 Å². The third kappa shape index (κ3) is 2.69. The average molecular weight is 343 g/mol. The third-order valence-electron chi connectivity index (χ3n) is 6.39. The maximum atomic E-state index is 12.5. The Morgan fingerprint density at radius 2 is 2.00 bits per heavy atom. The molecule has 1 aliphatic carbocycles. The molecule has 1 N–H and O–H groups in total. The van der Waals surface area contributed by atoms with Gasteiger partial charge in [-0.1, -0.05) is 19.4 Å². The molecule has 1 saturated heterocycles. The maximum Gasteiger partial charge on any atom is 0.411 e. The van der Waals surface area contributed by atoms with E-state index in [1.165, 1.54) is 17.7 Å². The van der Waals surface area contributed by atoms with Gasteiger partial charge in [0, 0.05) is 35.9 Å². The topological polar surface area (TPSA) is 44.8 Å². The summed E-state index contributed by atoms with van der Waals surface area (Å²) in [5, 5.41) is 3.06. The monoisotopic (exact) mass is 343 g/mol. The number of likely N-dealkylation sites (tertiary alicyclic amines) is 1. The Kier molecular flexibility index (Phi) is 4.14. The van der Waals surface area contributed by atoms with Crippen molar-refractivity contribution in [2.75, 3.05) is 30.9 Å². The molecule has 4 rings (SSSR count). The number of carbonyl (C=O) groups excluding carboxylic acids is 1. The highest BCUT2D eigenvalue weighted by Gasteiger charge is 2.53. The molecular formula is C20H29N3O2. The second kappa shape index (κ2) is 6.20. The van der Waals surface area contributed by atoms with Crippen molar-refractivity contribution >= 4 is 17.5 Å². The van der Waals surface area contributed by atoms with E-state index in [0.29, 0.717) is 6.17 Å². The van der Waals surface area contributed by atoms with Gasteiger partial charge in [-0.2, -0.15) is 0 Å². The van der Waals surface area contributed by atoms with Crippen LogP contribution in [0.25, 0.3) is 0 Å². The highest BCUT2D eigenvalue weighted by Crippen LogP contribution is 2.53. The minimum Gasteiger partial charge on any atom is -0.446 e. The Bertz CT molecular complexity index is 671. The van der Waals surface area contributed by atoms with Crippen molar-refractivity contribution in [1.29, 1.82) is 0 Å². The maximum absolute atomic E-state index is 12.5. The van der Waals surface area contributed by atoms with Crippen LogP contribution in [-0.4, -0.2) is 43.9 Å². The number of likely N-dealkylation sites (N-methyl/N-ethyl adjacent to an activating group) is 2. The summed E-state index contributed by atoms with van der Waals surface area (Å²) in [6.45, 7) is 3.40. The number of benzene rings is 1. The lowest BCUT2D eigenvalue weighted by atomic mass is 9.80. The van der Waals surface area contributed by atoms with Gasteiger partial charge in [-0.3, -0.25) is 10.2 Å². The molecule has 2 heterocycles. The zero-order chi connectivity index (χ0) is 17.6. The zero-order valence-corrected chi connectivity index (χ0v) is 15.5. The molecule has 2 atom stereocenters. The van der Waals surface area contributed by atoms with Crippen LogP contribution in [0.4, 0.5) is 16.2 Å². The van der Waals surface area contributed by atoms with Gasteiger partial charge in [0.25, 0.3) is 0 Å². The van der Waals surface area contributed by atoms with Crippen LogP contribution in [0.1, 0.15) is 51.0 Å². The van der Waals surface area contributed by atoms with Crippen LogP contribution in [0.2, 0.25) is 0 Å². The molecule has 1 amide bonds. The van der Waals surface area contributed by atoms with E-state index in [1.54, 1.807) is 0 Å². The van der Waals surface area contributed by atoms with Crippen molar-refractivity contribution in [1.82, 2.24) is 4.90 Å². The molecule has 0 aromatic heterocycles. The summed E-state index contributed by atoms with van der Waals surface area (Å²) in [7, 11) is 4.34. The molecule has 0 radical (unpaired) electrons. The van der Waals surface area contributed by atoms with Gasteiger partial charge in [0.15, 0.2) is 0 Å². The van der Waals surface area contributed by atoms with E-state index in [1.807, 2.05) is 12.1 Å². The Morgan fingerprint density at radius 3 is 2.76 bits per heavy atom. The predicted octanol–water partition coefficient (Wildman–Crippen LogP) is 3.94. The number of fused-ring (bicyclic) bond motifs is 3. The van der Waals surface area contributed by atoms with Gasteiger partial charge in [-0.15, -0.1) is 0 Å². The van der Waals surface area contributed by atoms with Crippen molar-refractivity contribution < 1.29 is 9.53 Å². The summed E-state index contributed by atoms with van der Waals surface area (Å²) in [5.41, 5.74) is 3.42. The highest BCUT2D eigenvalue weighted by molar-refractivity contribution is 5.89. The van der Waals surface area contributed by atoms with E-state index in [0.717, 1.165) is 44.3 Å². The molecular weight excluding hydrogens is 314 g/mol. The molecule has 2 fully saturated rings. The molecule has 0 spiro atoms. The minimum absolute atomic E-state index is 0.0353. The van der Waals surface area contributed by atoms with Crippen molar-refractivity contribution in [2.45, 2.75) is 63.1 Å². The standard InChI is InChI=1S/C20H29N3O2/c1-20-12-13-22(2)18(20)23(3)16-11-7-10-15(17(16)20)21-19(24)25-14-8-5-4-6-9-14/h7,10-11,14,18H,4-6,8-9,12-13H2,1-3H3,(H,21,24). The number of carbonyl (C=O) groups is 1. The molecule has 5 nitrogen and oxygen atoms in total. The first kappa shape index (κ1) is 16.7. The normalized spacial score (nSPS) is 29.4. The van der Waals surface area contributed by atoms with Gasteiger partial charge in [-0.05, 0) is 51.3 Å². The Morgan fingerprint density at radius 1 is 1.24 bits per heavy atom. The van der Waals surface area contributed by atoms with E-state index >= 15 is 0 Å². The zero-order valence-electron chi connectivity index (χ0n) is 15.5. The summed E-state index contributed by atoms with van der Waals surface area (Å²) >= 11 is 0. The Labute approximate surface area is 150 Å². The van der Waals surface area contributed by atoms with Crippen molar-refractivity contribution in [3.63, 3.8) is 0 Å². The van der Waals surface area contributed by atoms with E-state index < -0.39 is 0 Å². The molecule has 2 aliphatic heterocycles. The van der Waals surface area contributed by atoms with Gasteiger partial charge < -0.3 is 9.64 Å². The first-order chi connectivity index (χ1) is 12.0. The van der Waals surface area contributed by atoms with Crippen LogP contribution < -0.4 is 10.2 Å². The van der Waals surface area contributed by atoms with Crippen molar-refractivity contribution in [3.8, 4) is 0 Å². The quantitative estimate of drug-likeness (QED) is 0.883. The van der Waals surface area contributed by atoms with Crippen LogP contribution in [0.5, 0.6) is 0 Å². The predicted molar refractivity (Wildman–Crippen MR) is 100 cm³/mol. The molecule has 1 aromatic carbocycles. The number of ether oxygens (including phenoxy) is 1. The van der Waals surface area contributed by atoms with Crippen molar-refractivity contribution in [2.24, 2.45) is 0 Å². The first-order valence-electron chi connectivity index (χ1n) is 9.55. The van der Waals surface area contributed by atoms with Crippen LogP contribution >= 0.6 is 0 Å². The van der Waals surface area contributed by atoms with E-state index in [-0.39, 0.29) is 17.6 Å². The SMILES string of the molecule is CN1CCC2(C)c3c(NC(=O)OC4CCCCC4)cccc3N(C)C12. The number of amides is 1. The number of hydrogen-bond acceptors (Lipinski definition) is 4. The average Bonchev–Trinajstić information content (AvgIpc) is 3.02. The van der Waals surface area contributed by atoms with Crippen LogP contribution in [0, 0.1) is 0 Å². The Hall–Kier alpha value is -1.75. The molecule has 3 aliphatic rings. The lowest BCUT2D eigenvalue weighted by molar-refractivity contribution is 0.0865. The van der Waals surface area contributed by atoms with Gasteiger partial charge in [0.2, 0.25) is 0 Å². The highest BCUT2D eigenvalue weighted by atomic mass is 16.6. The lowest BCUT2D eigenvalue weighted by Gasteiger charge is -2.32. The number of nitrogens with one attached hydrogen (secondary N) is 1. The summed E-state index contributed by atoms with van der Waals surface area (Å²) in [4.78, 5) is 17.2. The fraction of sp³-hybridized carbons (Fsp3) is 0.650. The number of rotatable bonds is 2. The molecule has 0 bridgehead atoms. The van der Waals surface area contributed by atoms with Crippen LogP contribution in [0.15, 0.2) is 18.2 Å². The van der Waals surface area contributed by atoms with E-state index in [9.17, 15) is 4.79 Å². The number of nitrogens with zero attached hydrogens (tertiary/aromatic N) is 2. The summed E-state index contributed by atoms with van der Waals surface area (Å²) in [5.74, 6) is 0. The summed E-state index contributed by atoms with van der Waals surface area (Å²) < 4.78 is 5.67. The van der Waals surface area contributed by atoms with E-state index in [4.69, 9.17) is 4.74 Å². The summed E-state index contributed by atoms with van der Waals surface area (Å²) in [6, 6.07) is 6.20. The van der Waals surface area contributed by atoms with Gasteiger partial charge in [-0.25, -0.2) is 4.79 Å². The van der Waals surface area contributed by atoms with Crippen LogP contribution in [-0.2, 0) is 10.2 Å². The second-order valence-corrected chi connectivity index (χ2v) is 8.12. The molecule has 1 aromatic rings. The smallest absolute Gasteiger partial charge is 0.411 e. The van der Waals surface area contributed by atoms with Gasteiger partial charge in [0.1, 0.15) is 6.10 Å². The van der Waals surface area contributed by atoms with Gasteiger partial charge in [0.05, 0.1) is 6.17 Å². The molecule has 25 heavy (non-hydrogen) atoms. The molecule has 1 saturated carbocycles. The number of anilines is 2. The fourth-order valence-electron chi connectivity index (χ4n) is 5.27. The molecule has 136 valence electrons. The van der Waals surface area contributed by atoms with Crippen molar-refractivity contribution in [3.05, 3.63) is 23.8 Å². The largest absolute Gasteiger partial charge is 0.446 e. The minimum atomic E-state index is -0.304. The summed E-state index contributed by atoms with van der Waals surface area (Å²) in [6.07, 6.45) is 6.79. The second-order valence-electron chi connectivity index (χ2n) is 8.12. The molecule has 2 unspecified atom stereocenters. The first-order valence-corrected chi connectivity index (χ1v) is 9.55.